The standard InChI is InChI=1S/C16H17F2N5O2/c17-11-5-10(6-12(18)7-11)16(25)19-8-14(24)23-4-2-1-3-13(23)15-20-9-21-22-15/h5-7,9,13H,1-4,8H2,(H,19,25)(H,20,21,22)/t13-/m0/s1. The summed E-state index contributed by atoms with van der Waals surface area (Å²) in [6, 6.07) is 2.30. The van der Waals surface area contributed by atoms with E-state index in [0.29, 0.717) is 18.4 Å². The number of piperidine rings is 1. The van der Waals surface area contributed by atoms with Crippen molar-refractivity contribution in [3.05, 3.63) is 47.5 Å². The Labute approximate surface area is 142 Å². The molecule has 0 unspecified atom stereocenters. The highest BCUT2D eigenvalue weighted by atomic mass is 19.1. The van der Waals surface area contributed by atoms with Gasteiger partial charge < -0.3 is 10.2 Å². The molecule has 2 N–H and O–H groups in total. The lowest BCUT2D eigenvalue weighted by molar-refractivity contribution is -0.134. The van der Waals surface area contributed by atoms with E-state index in [1.807, 2.05) is 0 Å². The molecule has 1 aliphatic rings. The van der Waals surface area contributed by atoms with Gasteiger partial charge in [-0.3, -0.25) is 14.7 Å². The van der Waals surface area contributed by atoms with Gasteiger partial charge in [0.05, 0.1) is 12.6 Å². The maximum atomic E-state index is 13.2. The molecule has 1 fully saturated rings. The largest absolute Gasteiger partial charge is 0.343 e. The Morgan fingerprint density at radius 2 is 2.00 bits per heavy atom. The van der Waals surface area contributed by atoms with Crippen LogP contribution in [-0.4, -0.2) is 45.0 Å². The van der Waals surface area contributed by atoms with E-state index in [0.717, 1.165) is 31.4 Å². The first-order valence-corrected chi connectivity index (χ1v) is 7.93. The predicted octanol–water partition coefficient (Wildman–Crippen LogP) is 1.57. The predicted molar refractivity (Wildman–Crippen MR) is 83.4 cm³/mol. The van der Waals surface area contributed by atoms with Crippen molar-refractivity contribution in [1.29, 1.82) is 0 Å². The highest BCUT2D eigenvalue weighted by Crippen LogP contribution is 2.28. The number of carbonyl (C=O) groups excluding carboxylic acids is 2. The van der Waals surface area contributed by atoms with Crippen LogP contribution in [0.5, 0.6) is 0 Å². The fourth-order valence-corrected chi connectivity index (χ4v) is 2.93. The minimum Gasteiger partial charge on any atom is -0.343 e. The Bertz CT molecular complexity index is 746. The fourth-order valence-electron chi connectivity index (χ4n) is 2.93. The minimum atomic E-state index is -0.849. The number of carbonyl (C=O) groups is 2. The molecule has 9 heteroatoms. The number of H-pyrrole nitrogens is 1. The molecule has 2 heterocycles. The Morgan fingerprint density at radius 1 is 1.24 bits per heavy atom. The van der Waals surface area contributed by atoms with Crippen LogP contribution in [0.4, 0.5) is 8.78 Å². The zero-order valence-corrected chi connectivity index (χ0v) is 13.3. The van der Waals surface area contributed by atoms with Crippen molar-refractivity contribution < 1.29 is 18.4 Å². The molecule has 2 amide bonds. The van der Waals surface area contributed by atoms with Gasteiger partial charge in [-0.15, -0.1) is 0 Å². The molecule has 25 heavy (non-hydrogen) atoms. The van der Waals surface area contributed by atoms with Crippen LogP contribution in [0.2, 0.25) is 0 Å². The number of aromatic nitrogens is 3. The van der Waals surface area contributed by atoms with Gasteiger partial charge in [-0.2, -0.15) is 5.10 Å². The Morgan fingerprint density at radius 3 is 2.68 bits per heavy atom. The topological polar surface area (TPSA) is 91.0 Å². The van der Waals surface area contributed by atoms with Crippen molar-refractivity contribution in [1.82, 2.24) is 25.4 Å². The summed E-state index contributed by atoms with van der Waals surface area (Å²) in [6.45, 7) is 0.288. The first kappa shape index (κ1) is 17.0. The molecule has 132 valence electrons. The molecule has 0 bridgehead atoms. The summed E-state index contributed by atoms with van der Waals surface area (Å²) in [5.41, 5.74) is -0.171. The monoisotopic (exact) mass is 349 g/mol. The van der Waals surface area contributed by atoms with Crippen molar-refractivity contribution in [2.45, 2.75) is 25.3 Å². The summed E-state index contributed by atoms with van der Waals surface area (Å²) in [7, 11) is 0. The van der Waals surface area contributed by atoms with E-state index < -0.39 is 17.5 Å². The zero-order valence-electron chi connectivity index (χ0n) is 13.3. The van der Waals surface area contributed by atoms with Gasteiger partial charge in [0.1, 0.15) is 23.8 Å². The average molecular weight is 349 g/mol. The van der Waals surface area contributed by atoms with Gasteiger partial charge in [0.25, 0.3) is 5.91 Å². The first-order chi connectivity index (χ1) is 12.0. The minimum absolute atomic E-state index is 0.171. The molecule has 7 nitrogen and oxygen atoms in total. The summed E-state index contributed by atoms with van der Waals surface area (Å²) in [5, 5.41) is 8.98. The molecule has 3 rings (SSSR count). The van der Waals surface area contributed by atoms with Crippen molar-refractivity contribution in [3.63, 3.8) is 0 Å². The van der Waals surface area contributed by atoms with Crippen LogP contribution >= 0.6 is 0 Å². The fraction of sp³-hybridized carbons (Fsp3) is 0.375. The molecule has 0 aliphatic carbocycles. The lowest BCUT2D eigenvalue weighted by Crippen LogP contribution is -2.44. The number of nitrogens with zero attached hydrogens (tertiary/aromatic N) is 3. The van der Waals surface area contributed by atoms with E-state index in [2.05, 4.69) is 20.5 Å². The molecule has 1 atom stereocenters. The third kappa shape index (κ3) is 3.98. The second-order valence-corrected chi connectivity index (χ2v) is 5.81. The van der Waals surface area contributed by atoms with E-state index >= 15 is 0 Å². The SMILES string of the molecule is O=C(NCC(=O)N1CCCC[C@H]1c1ncn[nH]1)c1cc(F)cc(F)c1. The quantitative estimate of drug-likeness (QED) is 0.876. The lowest BCUT2D eigenvalue weighted by atomic mass is 10.0. The zero-order chi connectivity index (χ0) is 17.8. The van der Waals surface area contributed by atoms with Gasteiger partial charge in [-0.25, -0.2) is 13.8 Å². The molecule has 1 aliphatic heterocycles. The van der Waals surface area contributed by atoms with Crippen molar-refractivity contribution >= 4 is 11.8 Å². The van der Waals surface area contributed by atoms with Gasteiger partial charge in [0, 0.05) is 18.2 Å². The van der Waals surface area contributed by atoms with Crippen LogP contribution < -0.4 is 5.32 Å². The molecule has 1 saturated heterocycles. The third-order valence-electron chi connectivity index (χ3n) is 4.10. The number of nitrogens with one attached hydrogen (secondary N) is 2. The smallest absolute Gasteiger partial charge is 0.251 e. The number of halogens is 2. The summed E-state index contributed by atoms with van der Waals surface area (Å²) in [5.74, 6) is -2.09. The molecule has 1 aromatic carbocycles. The molecule has 0 saturated carbocycles. The number of hydrogen-bond donors (Lipinski definition) is 2. The first-order valence-electron chi connectivity index (χ1n) is 7.93. The molecular formula is C16H17F2N5O2. The van der Waals surface area contributed by atoms with Gasteiger partial charge >= 0.3 is 0 Å². The molecule has 2 aromatic rings. The molecule has 0 radical (unpaired) electrons. The second-order valence-electron chi connectivity index (χ2n) is 5.81. The number of rotatable bonds is 4. The number of benzene rings is 1. The Balaban J connectivity index is 1.63. The summed E-state index contributed by atoms with van der Waals surface area (Å²) in [6.07, 6.45) is 3.96. The Kier molecular flexibility index (Phi) is 5.01. The number of amides is 2. The van der Waals surface area contributed by atoms with Crippen molar-refractivity contribution in [2.24, 2.45) is 0 Å². The highest BCUT2D eigenvalue weighted by Gasteiger charge is 2.29. The van der Waals surface area contributed by atoms with Gasteiger partial charge in [-0.05, 0) is 31.4 Å². The second kappa shape index (κ2) is 7.37. The summed E-state index contributed by atoms with van der Waals surface area (Å²) >= 11 is 0. The van der Waals surface area contributed by atoms with E-state index in [1.54, 1.807) is 4.90 Å². The van der Waals surface area contributed by atoms with Crippen molar-refractivity contribution in [3.8, 4) is 0 Å². The van der Waals surface area contributed by atoms with Gasteiger partial charge in [0.15, 0.2) is 0 Å². The van der Waals surface area contributed by atoms with E-state index in [-0.39, 0.29) is 24.1 Å². The van der Waals surface area contributed by atoms with Gasteiger partial charge in [0.2, 0.25) is 5.91 Å². The maximum Gasteiger partial charge on any atom is 0.251 e. The van der Waals surface area contributed by atoms with Crippen LogP contribution in [0.25, 0.3) is 0 Å². The van der Waals surface area contributed by atoms with Crippen molar-refractivity contribution in [2.75, 3.05) is 13.1 Å². The van der Waals surface area contributed by atoms with E-state index in [1.165, 1.54) is 6.33 Å². The van der Waals surface area contributed by atoms with E-state index in [9.17, 15) is 18.4 Å². The van der Waals surface area contributed by atoms with E-state index in [4.69, 9.17) is 0 Å². The van der Waals surface area contributed by atoms with Crippen LogP contribution in [0.1, 0.15) is 41.5 Å². The molecular weight excluding hydrogens is 332 g/mol. The van der Waals surface area contributed by atoms with Crippen LogP contribution in [-0.2, 0) is 4.79 Å². The normalized spacial score (nSPS) is 17.4. The summed E-state index contributed by atoms with van der Waals surface area (Å²) < 4.78 is 26.3. The summed E-state index contributed by atoms with van der Waals surface area (Å²) in [4.78, 5) is 30.2. The maximum absolute atomic E-state index is 13.2. The molecule has 1 aromatic heterocycles. The van der Waals surface area contributed by atoms with Crippen LogP contribution in [0.15, 0.2) is 24.5 Å². The number of likely N-dealkylation sites (tertiary alicyclic amines) is 1. The average Bonchev–Trinajstić information content (AvgIpc) is 3.13. The highest BCUT2D eigenvalue weighted by molar-refractivity contribution is 5.96. The van der Waals surface area contributed by atoms with Crippen LogP contribution in [0, 0.1) is 11.6 Å². The van der Waals surface area contributed by atoms with Crippen LogP contribution in [0.3, 0.4) is 0 Å². The van der Waals surface area contributed by atoms with Gasteiger partial charge in [-0.1, -0.05) is 0 Å². The Hall–Kier alpha value is -2.84. The lowest BCUT2D eigenvalue weighted by Gasteiger charge is -2.34. The number of aromatic amines is 1. The third-order valence-corrected chi connectivity index (χ3v) is 4.10. The number of hydrogen-bond acceptors (Lipinski definition) is 4. The molecule has 0 spiro atoms.